The minimum absolute atomic E-state index is 0.106. The highest BCUT2D eigenvalue weighted by Crippen LogP contribution is 2.29. The molecule has 1 aliphatic rings. The van der Waals surface area contributed by atoms with E-state index in [1.54, 1.807) is 18.0 Å². The fraction of sp³-hybridized carbons (Fsp3) is 0.526. The summed E-state index contributed by atoms with van der Waals surface area (Å²) in [7, 11) is 1.73. The third kappa shape index (κ3) is 6.90. The Morgan fingerprint density at radius 2 is 2.08 bits per heavy atom. The molecule has 0 saturated heterocycles. The Labute approximate surface area is 146 Å². The highest BCUT2D eigenvalue weighted by atomic mass is 19.4. The standard InChI is InChI=1S/C19H25F3N2O/c1-24(13-16-8-5-9-17(12-16)19(20,21)22)14-18(25)23-11-10-15-6-3-2-4-7-15/h5-6,8-9,12H,2-4,7,10-11,13-14H2,1H3,(H,23,25). The van der Waals surface area contributed by atoms with Crippen LogP contribution in [-0.4, -0.2) is 30.9 Å². The number of nitrogens with zero attached hydrogens (tertiary/aromatic N) is 1. The van der Waals surface area contributed by atoms with Crippen LogP contribution in [0.3, 0.4) is 0 Å². The molecule has 0 fully saturated rings. The molecule has 0 aliphatic heterocycles. The van der Waals surface area contributed by atoms with Gasteiger partial charge in [-0.1, -0.05) is 29.8 Å². The van der Waals surface area contributed by atoms with Gasteiger partial charge in [-0.25, -0.2) is 0 Å². The molecule has 0 saturated carbocycles. The summed E-state index contributed by atoms with van der Waals surface area (Å²) in [6.45, 7) is 1.07. The third-order valence-electron chi connectivity index (χ3n) is 4.27. The molecule has 138 valence electrons. The number of hydrogen-bond acceptors (Lipinski definition) is 2. The van der Waals surface area contributed by atoms with E-state index in [0.29, 0.717) is 18.7 Å². The van der Waals surface area contributed by atoms with Crippen molar-refractivity contribution in [3.05, 3.63) is 47.0 Å². The van der Waals surface area contributed by atoms with E-state index >= 15 is 0 Å². The first-order chi connectivity index (χ1) is 11.8. The van der Waals surface area contributed by atoms with Crippen molar-refractivity contribution in [2.24, 2.45) is 0 Å². The van der Waals surface area contributed by atoms with Crippen molar-refractivity contribution in [2.45, 2.75) is 44.8 Å². The summed E-state index contributed by atoms with van der Waals surface area (Å²) in [6, 6.07) is 5.21. The monoisotopic (exact) mass is 354 g/mol. The van der Waals surface area contributed by atoms with E-state index in [0.717, 1.165) is 31.4 Å². The molecule has 1 aromatic carbocycles. The lowest BCUT2D eigenvalue weighted by Gasteiger charge is -2.18. The van der Waals surface area contributed by atoms with Gasteiger partial charge >= 0.3 is 6.18 Å². The molecule has 0 spiro atoms. The summed E-state index contributed by atoms with van der Waals surface area (Å²) in [4.78, 5) is 13.7. The molecule has 2 rings (SSSR count). The maximum absolute atomic E-state index is 12.7. The molecule has 0 bridgehead atoms. The number of halogens is 3. The molecule has 1 aliphatic carbocycles. The van der Waals surface area contributed by atoms with Crippen LogP contribution in [0.2, 0.25) is 0 Å². The quantitative estimate of drug-likeness (QED) is 0.746. The largest absolute Gasteiger partial charge is 0.416 e. The Kier molecular flexibility index (Phi) is 7.05. The van der Waals surface area contributed by atoms with Gasteiger partial charge in [-0.3, -0.25) is 9.69 Å². The van der Waals surface area contributed by atoms with Crippen LogP contribution in [0.4, 0.5) is 13.2 Å². The van der Waals surface area contributed by atoms with E-state index in [1.165, 1.54) is 24.5 Å². The molecule has 0 heterocycles. The minimum Gasteiger partial charge on any atom is -0.355 e. The number of likely N-dealkylation sites (N-methyl/N-ethyl adjacent to an activating group) is 1. The van der Waals surface area contributed by atoms with Gasteiger partial charge < -0.3 is 5.32 Å². The summed E-state index contributed by atoms with van der Waals surface area (Å²) in [6.07, 6.45) is 3.50. The predicted octanol–water partition coefficient (Wildman–Crippen LogP) is 4.14. The second kappa shape index (κ2) is 9.04. The average Bonchev–Trinajstić information content (AvgIpc) is 2.55. The van der Waals surface area contributed by atoms with Gasteiger partial charge in [0.15, 0.2) is 0 Å². The van der Waals surface area contributed by atoms with E-state index in [-0.39, 0.29) is 12.5 Å². The fourth-order valence-electron chi connectivity index (χ4n) is 3.01. The SMILES string of the molecule is CN(CC(=O)NCCC1=CCCCC1)Cc1cccc(C(F)(F)F)c1. The van der Waals surface area contributed by atoms with Gasteiger partial charge in [0, 0.05) is 13.1 Å². The lowest BCUT2D eigenvalue weighted by molar-refractivity contribution is -0.137. The molecule has 1 amide bonds. The number of nitrogens with one attached hydrogen (secondary N) is 1. The van der Waals surface area contributed by atoms with Gasteiger partial charge in [0.25, 0.3) is 0 Å². The zero-order valence-electron chi connectivity index (χ0n) is 14.5. The summed E-state index contributed by atoms with van der Waals surface area (Å²) < 4.78 is 38.2. The first-order valence-electron chi connectivity index (χ1n) is 8.64. The van der Waals surface area contributed by atoms with Crippen LogP contribution in [0.15, 0.2) is 35.9 Å². The summed E-state index contributed by atoms with van der Waals surface area (Å²) in [5.41, 5.74) is 1.28. The predicted molar refractivity (Wildman–Crippen MR) is 92.0 cm³/mol. The summed E-state index contributed by atoms with van der Waals surface area (Å²) >= 11 is 0. The second-order valence-corrected chi connectivity index (χ2v) is 6.58. The van der Waals surface area contributed by atoms with Crippen LogP contribution in [0, 0.1) is 0 Å². The lowest BCUT2D eigenvalue weighted by atomic mass is 9.97. The smallest absolute Gasteiger partial charge is 0.355 e. The Morgan fingerprint density at radius 1 is 1.28 bits per heavy atom. The first kappa shape index (κ1) is 19.5. The number of carbonyl (C=O) groups excluding carboxylic acids is 1. The van der Waals surface area contributed by atoms with Crippen molar-refractivity contribution in [3.63, 3.8) is 0 Å². The number of amides is 1. The number of rotatable bonds is 7. The molecule has 6 heteroatoms. The zero-order valence-corrected chi connectivity index (χ0v) is 14.5. The van der Waals surface area contributed by atoms with Crippen molar-refractivity contribution in [2.75, 3.05) is 20.1 Å². The van der Waals surface area contributed by atoms with Crippen LogP contribution in [-0.2, 0) is 17.5 Å². The Bertz CT molecular complexity index is 611. The van der Waals surface area contributed by atoms with E-state index in [1.807, 2.05) is 0 Å². The molecular weight excluding hydrogens is 329 g/mol. The Balaban J connectivity index is 1.74. The maximum Gasteiger partial charge on any atom is 0.416 e. The van der Waals surface area contributed by atoms with Crippen LogP contribution in [0.1, 0.15) is 43.2 Å². The first-order valence-corrected chi connectivity index (χ1v) is 8.64. The van der Waals surface area contributed by atoms with E-state index in [2.05, 4.69) is 11.4 Å². The van der Waals surface area contributed by atoms with E-state index in [9.17, 15) is 18.0 Å². The number of carbonyl (C=O) groups is 1. The molecule has 0 aromatic heterocycles. The van der Waals surface area contributed by atoms with Gasteiger partial charge in [0.2, 0.25) is 5.91 Å². The normalized spacial score (nSPS) is 15.2. The van der Waals surface area contributed by atoms with Crippen LogP contribution in [0.25, 0.3) is 0 Å². The van der Waals surface area contributed by atoms with E-state index in [4.69, 9.17) is 0 Å². The topological polar surface area (TPSA) is 32.3 Å². The van der Waals surface area contributed by atoms with Crippen molar-refractivity contribution in [1.82, 2.24) is 10.2 Å². The van der Waals surface area contributed by atoms with Gasteiger partial charge in [-0.2, -0.15) is 13.2 Å². The zero-order chi connectivity index (χ0) is 18.3. The van der Waals surface area contributed by atoms with Gasteiger partial charge in [-0.15, -0.1) is 0 Å². The fourth-order valence-corrected chi connectivity index (χ4v) is 3.01. The average molecular weight is 354 g/mol. The van der Waals surface area contributed by atoms with Gasteiger partial charge in [-0.05, 0) is 50.8 Å². The Morgan fingerprint density at radius 3 is 2.76 bits per heavy atom. The van der Waals surface area contributed by atoms with Crippen molar-refractivity contribution >= 4 is 5.91 Å². The van der Waals surface area contributed by atoms with E-state index < -0.39 is 11.7 Å². The second-order valence-electron chi connectivity index (χ2n) is 6.58. The molecule has 0 radical (unpaired) electrons. The van der Waals surface area contributed by atoms with Crippen LogP contribution < -0.4 is 5.32 Å². The minimum atomic E-state index is -4.35. The molecule has 0 unspecified atom stereocenters. The summed E-state index contributed by atoms with van der Waals surface area (Å²) in [5.74, 6) is -0.106. The number of hydrogen-bond donors (Lipinski definition) is 1. The summed E-state index contributed by atoms with van der Waals surface area (Å²) in [5, 5.41) is 2.88. The molecule has 1 aromatic rings. The van der Waals surface area contributed by atoms with Crippen LogP contribution >= 0.6 is 0 Å². The Hall–Kier alpha value is -1.82. The number of allylic oxidation sites excluding steroid dienone is 1. The molecule has 0 atom stereocenters. The number of benzene rings is 1. The lowest BCUT2D eigenvalue weighted by Crippen LogP contribution is -2.35. The van der Waals surface area contributed by atoms with Crippen molar-refractivity contribution in [1.29, 1.82) is 0 Å². The third-order valence-corrected chi connectivity index (χ3v) is 4.27. The van der Waals surface area contributed by atoms with Gasteiger partial charge in [0.05, 0.1) is 12.1 Å². The molecule has 1 N–H and O–H groups in total. The van der Waals surface area contributed by atoms with Crippen molar-refractivity contribution < 1.29 is 18.0 Å². The molecule has 3 nitrogen and oxygen atoms in total. The highest BCUT2D eigenvalue weighted by Gasteiger charge is 2.30. The maximum atomic E-state index is 12.7. The highest BCUT2D eigenvalue weighted by molar-refractivity contribution is 5.77. The number of alkyl halides is 3. The molecular formula is C19H25F3N2O. The molecule has 25 heavy (non-hydrogen) atoms. The van der Waals surface area contributed by atoms with Crippen molar-refractivity contribution in [3.8, 4) is 0 Å². The van der Waals surface area contributed by atoms with Gasteiger partial charge in [0.1, 0.15) is 0 Å². The van der Waals surface area contributed by atoms with Crippen LogP contribution in [0.5, 0.6) is 0 Å².